The van der Waals surface area contributed by atoms with Crippen molar-refractivity contribution in [1.29, 1.82) is 0 Å². The Balaban J connectivity index is 1.67. The molecular weight excluding hydrogens is 367 g/mol. The molecule has 0 aliphatic carbocycles. The van der Waals surface area contributed by atoms with Gasteiger partial charge in [-0.3, -0.25) is 4.90 Å². The van der Waals surface area contributed by atoms with E-state index in [0.717, 1.165) is 23.2 Å². The summed E-state index contributed by atoms with van der Waals surface area (Å²) in [6.45, 7) is 3.19. The predicted octanol–water partition coefficient (Wildman–Crippen LogP) is 4.37. The number of nitrogens with zero attached hydrogens (tertiary/aromatic N) is 1. The van der Waals surface area contributed by atoms with Crippen molar-refractivity contribution in [2.45, 2.75) is 19.7 Å². The number of nitrogens with two attached hydrogens (primary N) is 1. The van der Waals surface area contributed by atoms with E-state index in [1.807, 2.05) is 48.5 Å². The van der Waals surface area contributed by atoms with Gasteiger partial charge in [0.05, 0.1) is 7.11 Å². The summed E-state index contributed by atoms with van der Waals surface area (Å²) >= 11 is 0. The molecule has 0 bridgehead atoms. The molecule has 0 atom stereocenters. The van der Waals surface area contributed by atoms with Gasteiger partial charge in [-0.25, -0.2) is 4.39 Å². The largest absolute Gasteiger partial charge is 0.493 e. The van der Waals surface area contributed by atoms with E-state index in [4.69, 9.17) is 15.2 Å². The molecule has 0 heterocycles. The lowest BCUT2D eigenvalue weighted by Gasteiger charge is -2.22. The SMILES string of the molecule is COc1cc(CN(CCN)Cc2ccc(F)cc2)ccc1OCc1ccccc1. The maximum atomic E-state index is 13.2. The van der Waals surface area contributed by atoms with Crippen LogP contribution >= 0.6 is 0 Å². The van der Waals surface area contributed by atoms with Crippen LogP contribution in [0.15, 0.2) is 72.8 Å². The summed E-state index contributed by atoms with van der Waals surface area (Å²) in [4.78, 5) is 2.23. The molecule has 0 amide bonds. The minimum Gasteiger partial charge on any atom is -0.493 e. The highest BCUT2D eigenvalue weighted by Gasteiger charge is 2.11. The molecule has 0 radical (unpaired) electrons. The molecule has 29 heavy (non-hydrogen) atoms. The van der Waals surface area contributed by atoms with Crippen LogP contribution in [0.25, 0.3) is 0 Å². The van der Waals surface area contributed by atoms with Crippen molar-refractivity contribution in [2.24, 2.45) is 5.73 Å². The highest BCUT2D eigenvalue weighted by atomic mass is 19.1. The summed E-state index contributed by atoms with van der Waals surface area (Å²) < 4.78 is 24.6. The fourth-order valence-electron chi connectivity index (χ4n) is 3.17. The zero-order valence-corrected chi connectivity index (χ0v) is 16.7. The smallest absolute Gasteiger partial charge is 0.161 e. The van der Waals surface area contributed by atoms with Crippen molar-refractivity contribution >= 4 is 0 Å². The van der Waals surface area contributed by atoms with E-state index in [1.165, 1.54) is 12.1 Å². The summed E-state index contributed by atoms with van der Waals surface area (Å²) in [5.41, 5.74) is 9.05. The molecule has 0 saturated heterocycles. The first-order valence-corrected chi connectivity index (χ1v) is 9.68. The van der Waals surface area contributed by atoms with Crippen LogP contribution in [0, 0.1) is 5.82 Å². The van der Waals surface area contributed by atoms with Gasteiger partial charge in [-0.1, -0.05) is 48.5 Å². The molecular formula is C24H27FN2O2. The number of rotatable bonds is 10. The molecule has 4 nitrogen and oxygen atoms in total. The van der Waals surface area contributed by atoms with Gasteiger partial charge in [0.2, 0.25) is 0 Å². The number of methoxy groups -OCH3 is 1. The first-order chi connectivity index (χ1) is 14.2. The summed E-state index contributed by atoms with van der Waals surface area (Å²) in [5.74, 6) is 1.19. The van der Waals surface area contributed by atoms with Gasteiger partial charge in [0.25, 0.3) is 0 Å². The van der Waals surface area contributed by atoms with Crippen molar-refractivity contribution < 1.29 is 13.9 Å². The zero-order chi connectivity index (χ0) is 20.5. The van der Waals surface area contributed by atoms with Gasteiger partial charge in [-0.05, 0) is 41.0 Å². The van der Waals surface area contributed by atoms with Crippen molar-refractivity contribution in [3.8, 4) is 11.5 Å². The molecule has 0 saturated carbocycles. The Bertz CT molecular complexity index is 885. The minimum absolute atomic E-state index is 0.227. The van der Waals surface area contributed by atoms with Gasteiger partial charge >= 0.3 is 0 Å². The molecule has 3 aromatic carbocycles. The Hall–Kier alpha value is -2.89. The summed E-state index contributed by atoms with van der Waals surface area (Å²) in [6.07, 6.45) is 0. The maximum absolute atomic E-state index is 13.2. The molecule has 2 N–H and O–H groups in total. The fourth-order valence-corrected chi connectivity index (χ4v) is 3.17. The molecule has 0 unspecified atom stereocenters. The van der Waals surface area contributed by atoms with Crippen molar-refractivity contribution in [3.63, 3.8) is 0 Å². The molecule has 0 fully saturated rings. The average Bonchev–Trinajstić information content (AvgIpc) is 2.75. The van der Waals surface area contributed by atoms with Crippen LogP contribution in [0.3, 0.4) is 0 Å². The van der Waals surface area contributed by atoms with E-state index in [1.54, 1.807) is 19.2 Å². The molecule has 0 aromatic heterocycles. The second-order valence-corrected chi connectivity index (χ2v) is 6.89. The van der Waals surface area contributed by atoms with Crippen LogP contribution in [0.1, 0.15) is 16.7 Å². The molecule has 5 heteroatoms. The summed E-state index contributed by atoms with van der Waals surface area (Å²) in [7, 11) is 1.64. The topological polar surface area (TPSA) is 47.7 Å². The van der Waals surface area contributed by atoms with E-state index >= 15 is 0 Å². The summed E-state index contributed by atoms with van der Waals surface area (Å²) in [6, 6.07) is 22.6. The van der Waals surface area contributed by atoms with Crippen LogP contribution in [0.2, 0.25) is 0 Å². The van der Waals surface area contributed by atoms with Crippen LogP contribution in [0.5, 0.6) is 11.5 Å². The maximum Gasteiger partial charge on any atom is 0.161 e. The van der Waals surface area contributed by atoms with Gasteiger partial charge < -0.3 is 15.2 Å². The lowest BCUT2D eigenvalue weighted by Crippen LogP contribution is -2.28. The number of halogens is 1. The van der Waals surface area contributed by atoms with Gasteiger partial charge in [-0.2, -0.15) is 0 Å². The monoisotopic (exact) mass is 394 g/mol. The van der Waals surface area contributed by atoms with E-state index < -0.39 is 0 Å². The predicted molar refractivity (Wildman–Crippen MR) is 113 cm³/mol. The summed E-state index contributed by atoms with van der Waals surface area (Å²) in [5, 5.41) is 0. The normalized spacial score (nSPS) is 10.9. The molecule has 0 aliphatic rings. The first kappa shape index (κ1) is 20.8. The highest BCUT2D eigenvalue weighted by molar-refractivity contribution is 5.43. The Kier molecular flexibility index (Phi) is 7.61. The second kappa shape index (κ2) is 10.6. The number of hydrogen-bond donors (Lipinski definition) is 1. The third kappa shape index (κ3) is 6.31. The van der Waals surface area contributed by atoms with Crippen LogP contribution < -0.4 is 15.2 Å². The first-order valence-electron chi connectivity index (χ1n) is 9.68. The van der Waals surface area contributed by atoms with E-state index in [0.29, 0.717) is 37.7 Å². The van der Waals surface area contributed by atoms with Gasteiger partial charge in [0, 0.05) is 26.2 Å². The molecule has 3 aromatic rings. The van der Waals surface area contributed by atoms with Crippen molar-refractivity contribution in [3.05, 3.63) is 95.3 Å². The minimum atomic E-state index is -0.227. The zero-order valence-electron chi connectivity index (χ0n) is 16.7. The lowest BCUT2D eigenvalue weighted by atomic mass is 10.1. The number of ether oxygens (including phenoxy) is 2. The van der Waals surface area contributed by atoms with Crippen molar-refractivity contribution in [2.75, 3.05) is 20.2 Å². The average molecular weight is 394 g/mol. The Morgan fingerprint density at radius 1 is 0.828 bits per heavy atom. The second-order valence-electron chi connectivity index (χ2n) is 6.89. The van der Waals surface area contributed by atoms with E-state index in [2.05, 4.69) is 4.90 Å². The third-order valence-corrected chi connectivity index (χ3v) is 4.64. The number of benzene rings is 3. The Labute approximate surface area is 171 Å². The fraction of sp³-hybridized carbons (Fsp3) is 0.250. The van der Waals surface area contributed by atoms with Gasteiger partial charge in [0.15, 0.2) is 11.5 Å². The molecule has 3 rings (SSSR count). The molecule has 152 valence electrons. The van der Waals surface area contributed by atoms with Crippen molar-refractivity contribution in [1.82, 2.24) is 4.90 Å². The van der Waals surface area contributed by atoms with E-state index in [-0.39, 0.29) is 5.82 Å². The van der Waals surface area contributed by atoms with Crippen LogP contribution in [-0.4, -0.2) is 25.1 Å². The molecule has 0 spiro atoms. The highest BCUT2D eigenvalue weighted by Crippen LogP contribution is 2.29. The van der Waals surface area contributed by atoms with E-state index in [9.17, 15) is 4.39 Å². The molecule has 0 aliphatic heterocycles. The Morgan fingerprint density at radius 2 is 1.52 bits per heavy atom. The van der Waals surface area contributed by atoms with Crippen LogP contribution in [-0.2, 0) is 19.7 Å². The number of hydrogen-bond acceptors (Lipinski definition) is 4. The quantitative estimate of drug-likeness (QED) is 0.555. The van der Waals surface area contributed by atoms with Crippen LogP contribution in [0.4, 0.5) is 4.39 Å². The standard InChI is InChI=1S/C24H27FN2O2/c1-28-24-15-21(9-12-23(24)29-18-20-5-3-2-4-6-20)17-27(14-13-26)16-19-7-10-22(25)11-8-19/h2-12,15H,13-14,16-18,26H2,1H3. The lowest BCUT2D eigenvalue weighted by molar-refractivity contribution is 0.262. The van der Waals surface area contributed by atoms with Gasteiger partial charge in [-0.15, -0.1) is 0 Å². The third-order valence-electron chi connectivity index (χ3n) is 4.64. The van der Waals surface area contributed by atoms with Gasteiger partial charge in [0.1, 0.15) is 12.4 Å². The Morgan fingerprint density at radius 3 is 2.21 bits per heavy atom.